The highest BCUT2D eigenvalue weighted by Gasteiger charge is 2.33. The molecule has 0 atom stereocenters. The number of phenolic OH excluding ortho intramolecular Hbond substituents is 1. The van der Waals surface area contributed by atoms with Gasteiger partial charge in [0.05, 0.1) is 0 Å². The van der Waals surface area contributed by atoms with Gasteiger partial charge in [0.1, 0.15) is 5.75 Å². The van der Waals surface area contributed by atoms with E-state index in [1.165, 1.54) is 24.3 Å². The van der Waals surface area contributed by atoms with Gasteiger partial charge < -0.3 is 5.11 Å². The predicted molar refractivity (Wildman–Crippen MR) is 45.6 cm³/mol. The third-order valence-electron chi connectivity index (χ3n) is 1.76. The van der Waals surface area contributed by atoms with Gasteiger partial charge in [-0.1, -0.05) is 12.1 Å². The van der Waals surface area contributed by atoms with Gasteiger partial charge in [-0.2, -0.15) is 13.2 Å². The van der Waals surface area contributed by atoms with Crippen molar-refractivity contribution in [1.29, 1.82) is 0 Å². The largest absolute Gasteiger partial charge is 0.508 e. The molecule has 0 aliphatic rings. The van der Waals surface area contributed by atoms with E-state index in [0.29, 0.717) is 5.56 Å². The van der Waals surface area contributed by atoms with Crippen LogP contribution in [0.4, 0.5) is 13.2 Å². The van der Waals surface area contributed by atoms with Crippen LogP contribution >= 0.6 is 0 Å². The first kappa shape index (κ1) is 10.8. The maximum absolute atomic E-state index is 12.1. The minimum Gasteiger partial charge on any atom is -0.508 e. The first-order valence-corrected chi connectivity index (χ1v) is 3.95. The number of hydrogen-bond donors (Lipinski definition) is 1. The van der Waals surface area contributed by atoms with Crippen LogP contribution in [-0.2, 0) is 6.54 Å². The van der Waals surface area contributed by atoms with Gasteiger partial charge in [-0.3, -0.25) is 0 Å². The zero-order valence-corrected chi connectivity index (χ0v) is 7.54. The van der Waals surface area contributed by atoms with Crippen molar-refractivity contribution in [3.05, 3.63) is 29.8 Å². The molecule has 78 valence electrons. The van der Waals surface area contributed by atoms with Crippen molar-refractivity contribution in [2.75, 3.05) is 7.05 Å². The number of halogens is 3. The lowest BCUT2D eigenvalue weighted by atomic mass is 10.2. The first-order valence-electron chi connectivity index (χ1n) is 3.95. The van der Waals surface area contributed by atoms with Crippen LogP contribution < -0.4 is 0 Å². The summed E-state index contributed by atoms with van der Waals surface area (Å²) in [4.78, 5) is 0.252. The van der Waals surface area contributed by atoms with Gasteiger partial charge in [-0.25, -0.2) is 4.90 Å². The van der Waals surface area contributed by atoms with Gasteiger partial charge in [0, 0.05) is 6.54 Å². The molecule has 0 bridgehead atoms. The van der Waals surface area contributed by atoms with Crippen LogP contribution in [0.2, 0.25) is 0 Å². The summed E-state index contributed by atoms with van der Waals surface area (Å²) in [5.74, 6) is -0.0296. The van der Waals surface area contributed by atoms with Gasteiger partial charge in [0.15, 0.2) is 0 Å². The van der Waals surface area contributed by atoms with Crippen molar-refractivity contribution >= 4 is 0 Å². The lowest BCUT2D eigenvalue weighted by molar-refractivity contribution is -0.240. The second kappa shape index (κ2) is 3.88. The second-order valence-electron chi connectivity index (χ2n) is 2.99. The van der Waals surface area contributed by atoms with Gasteiger partial charge in [0.2, 0.25) is 0 Å². The van der Waals surface area contributed by atoms with Crippen molar-refractivity contribution < 1.29 is 18.3 Å². The van der Waals surface area contributed by atoms with E-state index in [0.717, 1.165) is 7.05 Å². The van der Waals surface area contributed by atoms with Crippen LogP contribution in [0.5, 0.6) is 5.75 Å². The molecular weight excluding hydrogens is 195 g/mol. The van der Waals surface area contributed by atoms with Gasteiger partial charge in [-0.05, 0) is 24.7 Å². The Labute approximate surface area is 79.6 Å². The van der Waals surface area contributed by atoms with E-state index in [1.807, 2.05) is 0 Å². The molecule has 1 aromatic rings. The number of benzene rings is 1. The van der Waals surface area contributed by atoms with Crippen molar-refractivity contribution in [2.24, 2.45) is 0 Å². The van der Waals surface area contributed by atoms with Crippen LogP contribution in [0.25, 0.3) is 0 Å². The SMILES string of the molecule is CN(Cc1cccc(O)c1)C(F)(F)F. The highest BCUT2D eigenvalue weighted by molar-refractivity contribution is 5.26. The number of alkyl halides is 3. The molecule has 0 saturated heterocycles. The summed E-state index contributed by atoms with van der Waals surface area (Å²) < 4.78 is 36.3. The molecule has 0 unspecified atom stereocenters. The monoisotopic (exact) mass is 205 g/mol. The highest BCUT2D eigenvalue weighted by atomic mass is 19.4. The smallest absolute Gasteiger partial charge is 0.459 e. The molecule has 1 aromatic carbocycles. The quantitative estimate of drug-likeness (QED) is 0.749. The van der Waals surface area contributed by atoms with E-state index in [2.05, 4.69) is 0 Å². The maximum atomic E-state index is 12.1. The van der Waals surface area contributed by atoms with E-state index in [-0.39, 0.29) is 17.2 Å². The molecule has 2 nitrogen and oxygen atoms in total. The predicted octanol–water partition coefficient (Wildman–Crippen LogP) is 2.34. The number of nitrogens with zero attached hydrogens (tertiary/aromatic N) is 1. The molecule has 14 heavy (non-hydrogen) atoms. The number of hydrogen-bond acceptors (Lipinski definition) is 2. The summed E-state index contributed by atoms with van der Waals surface area (Å²) in [6, 6.07) is 5.76. The minimum atomic E-state index is -4.34. The maximum Gasteiger partial charge on any atom is 0.459 e. The fourth-order valence-corrected chi connectivity index (χ4v) is 1.02. The molecule has 0 aliphatic carbocycles. The Hall–Kier alpha value is -1.23. The van der Waals surface area contributed by atoms with E-state index < -0.39 is 6.30 Å². The first-order chi connectivity index (χ1) is 6.39. The second-order valence-corrected chi connectivity index (χ2v) is 2.99. The van der Waals surface area contributed by atoms with Gasteiger partial charge in [0.25, 0.3) is 0 Å². The average Bonchev–Trinajstić information content (AvgIpc) is 2.02. The lowest BCUT2D eigenvalue weighted by Gasteiger charge is -2.19. The number of rotatable bonds is 2. The molecule has 5 heteroatoms. The zero-order valence-electron chi connectivity index (χ0n) is 7.54. The lowest BCUT2D eigenvalue weighted by Crippen LogP contribution is -2.33. The van der Waals surface area contributed by atoms with Crippen LogP contribution in [0.3, 0.4) is 0 Å². The Kier molecular flexibility index (Phi) is 3.00. The Morgan fingerprint density at radius 1 is 1.36 bits per heavy atom. The van der Waals surface area contributed by atoms with Crippen molar-refractivity contribution in [3.8, 4) is 5.75 Å². The third kappa shape index (κ3) is 2.92. The van der Waals surface area contributed by atoms with Crippen molar-refractivity contribution in [2.45, 2.75) is 12.8 Å². The van der Waals surface area contributed by atoms with Crippen LogP contribution in [0.15, 0.2) is 24.3 Å². The van der Waals surface area contributed by atoms with Crippen LogP contribution in [-0.4, -0.2) is 23.4 Å². The Bertz CT molecular complexity index is 311. The summed E-state index contributed by atoms with van der Waals surface area (Å²) in [5, 5.41) is 9.03. The molecule has 0 saturated carbocycles. The molecule has 0 fully saturated rings. The minimum absolute atomic E-state index is 0.0296. The summed E-state index contributed by atoms with van der Waals surface area (Å²) in [7, 11) is 0.962. The molecule has 0 spiro atoms. The summed E-state index contributed by atoms with van der Waals surface area (Å²) >= 11 is 0. The normalized spacial score (nSPS) is 12.1. The molecule has 0 heterocycles. The fraction of sp³-hybridized carbons (Fsp3) is 0.333. The number of phenols is 1. The molecule has 0 aromatic heterocycles. The zero-order chi connectivity index (χ0) is 10.8. The molecule has 1 rings (SSSR count). The Balaban J connectivity index is 2.70. The van der Waals surface area contributed by atoms with Gasteiger partial charge in [-0.15, -0.1) is 0 Å². The molecule has 0 radical (unpaired) electrons. The molecular formula is C9H10F3NO. The number of aromatic hydroxyl groups is 1. The fourth-order valence-electron chi connectivity index (χ4n) is 1.02. The summed E-state index contributed by atoms with van der Waals surface area (Å²) in [6.45, 7) is -0.266. The van der Waals surface area contributed by atoms with E-state index in [1.54, 1.807) is 0 Å². The molecule has 0 amide bonds. The average molecular weight is 205 g/mol. The third-order valence-corrected chi connectivity index (χ3v) is 1.76. The standard InChI is InChI=1S/C9H10F3NO/c1-13(9(10,11)12)6-7-3-2-4-8(14)5-7/h2-5,14H,6H2,1H3. The topological polar surface area (TPSA) is 23.5 Å². The summed E-state index contributed by atoms with van der Waals surface area (Å²) in [6.07, 6.45) is -4.34. The Morgan fingerprint density at radius 2 is 2.00 bits per heavy atom. The molecule has 1 N–H and O–H groups in total. The van der Waals surface area contributed by atoms with E-state index in [4.69, 9.17) is 5.11 Å². The van der Waals surface area contributed by atoms with Gasteiger partial charge >= 0.3 is 6.30 Å². The van der Waals surface area contributed by atoms with Crippen LogP contribution in [0, 0.1) is 0 Å². The van der Waals surface area contributed by atoms with Crippen LogP contribution in [0.1, 0.15) is 5.56 Å². The molecule has 0 aliphatic heterocycles. The van der Waals surface area contributed by atoms with E-state index >= 15 is 0 Å². The van der Waals surface area contributed by atoms with Crippen molar-refractivity contribution in [3.63, 3.8) is 0 Å². The van der Waals surface area contributed by atoms with Crippen molar-refractivity contribution in [1.82, 2.24) is 4.90 Å². The Morgan fingerprint density at radius 3 is 2.50 bits per heavy atom. The van der Waals surface area contributed by atoms with E-state index in [9.17, 15) is 13.2 Å². The summed E-state index contributed by atoms with van der Waals surface area (Å²) in [5.41, 5.74) is 0.421. The highest BCUT2D eigenvalue weighted by Crippen LogP contribution is 2.22.